The van der Waals surface area contributed by atoms with E-state index in [-0.39, 0.29) is 5.41 Å². The molecule has 2 heterocycles. The van der Waals surface area contributed by atoms with Gasteiger partial charge in [0, 0.05) is 29.9 Å². The zero-order chi connectivity index (χ0) is 14.8. The molecule has 1 aromatic rings. The summed E-state index contributed by atoms with van der Waals surface area (Å²) in [6.45, 7) is 15.6. The molecular formula is C16H29N3S. The van der Waals surface area contributed by atoms with Crippen LogP contribution in [0.1, 0.15) is 58.0 Å². The Morgan fingerprint density at radius 2 is 1.95 bits per heavy atom. The molecule has 4 heteroatoms. The lowest BCUT2D eigenvalue weighted by Crippen LogP contribution is -2.32. The Kier molecular flexibility index (Phi) is 5.08. The highest BCUT2D eigenvalue weighted by Gasteiger charge is 2.26. The van der Waals surface area contributed by atoms with Gasteiger partial charge in [-0.3, -0.25) is 0 Å². The Hall–Kier alpha value is -0.610. The van der Waals surface area contributed by atoms with Gasteiger partial charge in [-0.15, -0.1) is 11.3 Å². The summed E-state index contributed by atoms with van der Waals surface area (Å²) in [4.78, 5) is 8.88. The SMILES string of the molecule is CCNCc1sc(N2CCC(C)CC2)nc1C(C)(C)C. The predicted octanol–water partition coefficient (Wildman–Crippen LogP) is 3.79. The van der Waals surface area contributed by atoms with E-state index in [0.29, 0.717) is 0 Å². The van der Waals surface area contributed by atoms with Crippen molar-refractivity contribution in [2.75, 3.05) is 24.5 Å². The summed E-state index contributed by atoms with van der Waals surface area (Å²) in [5.41, 5.74) is 1.40. The van der Waals surface area contributed by atoms with E-state index in [0.717, 1.165) is 19.0 Å². The summed E-state index contributed by atoms with van der Waals surface area (Å²) >= 11 is 1.89. The molecule has 2 rings (SSSR count). The van der Waals surface area contributed by atoms with E-state index in [2.05, 4.69) is 44.8 Å². The van der Waals surface area contributed by atoms with E-state index < -0.39 is 0 Å². The van der Waals surface area contributed by atoms with E-state index >= 15 is 0 Å². The second-order valence-corrected chi connectivity index (χ2v) is 8.03. The molecule has 0 spiro atoms. The summed E-state index contributed by atoms with van der Waals surface area (Å²) in [5.74, 6) is 0.870. The Morgan fingerprint density at radius 3 is 2.50 bits per heavy atom. The molecule has 3 nitrogen and oxygen atoms in total. The number of nitrogens with zero attached hydrogens (tertiary/aromatic N) is 2. The predicted molar refractivity (Wildman–Crippen MR) is 88.8 cm³/mol. The number of nitrogens with one attached hydrogen (secondary N) is 1. The van der Waals surface area contributed by atoms with Gasteiger partial charge >= 0.3 is 0 Å². The Balaban J connectivity index is 2.19. The first kappa shape index (κ1) is 15.8. The molecule has 0 bridgehead atoms. The number of hydrogen-bond acceptors (Lipinski definition) is 4. The third-order valence-corrected chi connectivity index (χ3v) is 5.10. The normalized spacial score (nSPS) is 17.8. The monoisotopic (exact) mass is 295 g/mol. The van der Waals surface area contributed by atoms with Crippen molar-refractivity contribution in [3.63, 3.8) is 0 Å². The lowest BCUT2D eigenvalue weighted by atomic mass is 9.91. The largest absolute Gasteiger partial charge is 0.348 e. The lowest BCUT2D eigenvalue weighted by molar-refractivity contribution is 0.437. The highest BCUT2D eigenvalue weighted by atomic mass is 32.1. The average Bonchev–Trinajstić information content (AvgIpc) is 2.81. The van der Waals surface area contributed by atoms with Crippen LogP contribution in [0.25, 0.3) is 0 Å². The molecule has 114 valence electrons. The summed E-state index contributed by atoms with van der Waals surface area (Å²) in [6.07, 6.45) is 2.60. The first-order valence-corrected chi connectivity index (χ1v) is 8.69. The first-order chi connectivity index (χ1) is 9.41. The van der Waals surface area contributed by atoms with Gasteiger partial charge in [-0.25, -0.2) is 4.98 Å². The van der Waals surface area contributed by atoms with Crippen LogP contribution >= 0.6 is 11.3 Å². The van der Waals surface area contributed by atoms with Crippen LogP contribution in [0.15, 0.2) is 0 Å². The van der Waals surface area contributed by atoms with Crippen LogP contribution < -0.4 is 10.2 Å². The Bertz CT molecular complexity index is 425. The van der Waals surface area contributed by atoms with Gasteiger partial charge in [-0.1, -0.05) is 34.6 Å². The molecule has 0 aliphatic carbocycles. The Labute approximate surface area is 127 Å². The molecule has 1 aliphatic heterocycles. The van der Waals surface area contributed by atoms with Gasteiger partial charge in [0.25, 0.3) is 0 Å². The van der Waals surface area contributed by atoms with Crippen LogP contribution in [0.4, 0.5) is 5.13 Å². The van der Waals surface area contributed by atoms with E-state index in [4.69, 9.17) is 4.98 Å². The van der Waals surface area contributed by atoms with Crippen molar-refractivity contribution in [2.45, 2.75) is 59.4 Å². The average molecular weight is 295 g/mol. The summed E-state index contributed by atoms with van der Waals surface area (Å²) in [5, 5.41) is 4.68. The Morgan fingerprint density at radius 1 is 1.30 bits per heavy atom. The highest BCUT2D eigenvalue weighted by molar-refractivity contribution is 7.15. The van der Waals surface area contributed by atoms with Crippen LogP contribution in [-0.4, -0.2) is 24.6 Å². The molecule has 20 heavy (non-hydrogen) atoms. The first-order valence-electron chi connectivity index (χ1n) is 7.87. The minimum absolute atomic E-state index is 0.128. The standard InChI is InChI=1S/C16H29N3S/c1-6-17-11-13-14(16(3,4)5)18-15(20-13)19-9-7-12(2)8-10-19/h12,17H,6-11H2,1-5H3. The molecule has 0 atom stereocenters. The molecule has 1 N–H and O–H groups in total. The fraction of sp³-hybridized carbons (Fsp3) is 0.812. The molecule has 0 saturated carbocycles. The number of hydrogen-bond donors (Lipinski definition) is 1. The van der Waals surface area contributed by atoms with Crippen molar-refractivity contribution < 1.29 is 0 Å². The number of piperidine rings is 1. The van der Waals surface area contributed by atoms with Crippen molar-refractivity contribution in [2.24, 2.45) is 5.92 Å². The van der Waals surface area contributed by atoms with E-state index in [1.807, 2.05) is 11.3 Å². The van der Waals surface area contributed by atoms with Crippen LogP contribution in [0.3, 0.4) is 0 Å². The quantitative estimate of drug-likeness (QED) is 0.916. The maximum Gasteiger partial charge on any atom is 0.185 e. The number of anilines is 1. The number of aromatic nitrogens is 1. The van der Waals surface area contributed by atoms with Crippen molar-refractivity contribution in [1.82, 2.24) is 10.3 Å². The number of thiazole rings is 1. The van der Waals surface area contributed by atoms with E-state index in [1.165, 1.54) is 41.6 Å². The maximum absolute atomic E-state index is 4.99. The van der Waals surface area contributed by atoms with Gasteiger partial charge in [-0.2, -0.15) is 0 Å². The van der Waals surface area contributed by atoms with Gasteiger partial charge in [0.1, 0.15) is 0 Å². The fourth-order valence-corrected chi connectivity index (χ4v) is 3.91. The van der Waals surface area contributed by atoms with Gasteiger partial charge in [0.05, 0.1) is 5.69 Å². The highest BCUT2D eigenvalue weighted by Crippen LogP contribution is 2.35. The molecule has 0 radical (unpaired) electrons. The van der Waals surface area contributed by atoms with E-state index in [1.54, 1.807) is 0 Å². The van der Waals surface area contributed by atoms with Crippen LogP contribution in [0, 0.1) is 5.92 Å². The fourth-order valence-electron chi connectivity index (χ4n) is 2.62. The number of rotatable bonds is 4. The van der Waals surface area contributed by atoms with Gasteiger partial charge in [-0.05, 0) is 25.3 Å². The van der Waals surface area contributed by atoms with E-state index in [9.17, 15) is 0 Å². The second kappa shape index (κ2) is 6.44. The van der Waals surface area contributed by atoms with Gasteiger partial charge < -0.3 is 10.2 Å². The maximum atomic E-state index is 4.99. The van der Waals surface area contributed by atoms with Gasteiger partial charge in [0.15, 0.2) is 5.13 Å². The molecular weight excluding hydrogens is 266 g/mol. The summed E-state index contributed by atoms with van der Waals surface area (Å²) < 4.78 is 0. The summed E-state index contributed by atoms with van der Waals surface area (Å²) in [6, 6.07) is 0. The third kappa shape index (κ3) is 3.73. The summed E-state index contributed by atoms with van der Waals surface area (Å²) in [7, 11) is 0. The third-order valence-electron chi connectivity index (χ3n) is 3.99. The van der Waals surface area contributed by atoms with Crippen molar-refractivity contribution >= 4 is 16.5 Å². The molecule has 1 aliphatic rings. The van der Waals surface area contributed by atoms with Crippen LogP contribution in [0.2, 0.25) is 0 Å². The zero-order valence-electron chi connectivity index (χ0n) is 13.6. The smallest absolute Gasteiger partial charge is 0.185 e. The van der Waals surface area contributed by atoms with Gasteiger partial charge in [0.2, 0.25) is 0 Å². The zero-order valence-corrected chi connectivity index (χ0v) is 14.4. The minimum atomic E-state index is 0.128. The minimum Gasteiger partial charge on any atom is -0.348 e. The molecule has 0 amide bonds. The lowest BCUT2D eigenvalue weighted by Gasteiger charge is -2.30. The van der Waals surface area contributed by atoms with Crippen molar-refractivity contribution in [3.05, 3.63) is 10.6 Å². The van der Waals surface area contributed by atoms with Crippen molar-refractivity contribution in [3.8, 4) is 0 Å². The molecule has 1 saturated heterocycles. The van der Waals surface area contributed by atoms with Crippen LogP contribution in [0.5, 0.6) is 0 Å². The molecule has 0 unspecified atom stereocenters. The second-order valence-electron chi connectivity index (χ2n) is 6.97. The molecule has 1 aromatic heterocycles. The van der Waals surface area contributed by atoms with Crippen molar-refractivity contribution in [1.29, 1.82) is 0 Å². The molecule has 1 fully saturated rings. The topological polar surface area (TPSA) is 28.2 Å². The molecule has 0 aromatic carbocycles. The van der Waals surface area contributed by atoms with Crippen LogP contribution in [-0.2, 0) is 12.0 Å².